The Balaban J connectivity index is 1.88. The van der Waals surface area contributed by atoms with E-state index in [0.717, 1.165) is 42.0 Å². The summed E-state index contributed by atoms with van der Waals surface area (Å²) in [7, 11) is 0. The Kier molecular flexibility index (Phi) is 3.14. The number of aryl methyl sites for hydroxylation is 1. The molecule has 1 aromatic heterocycles. The van der Waals surface area contributed by atoms with Gasteiger partial charge in [0.05, 0.1) is 6.10 Å². The number of benzene rings is 1. The topological polar surface area (TPSA) is 25.2 Å². The summed E-state index contributed by atoms with van der Waals surface area (Å²) in [6, 6.07) is 7.89. The van der Waals surface area contributed by atoms with Crippen LogP contribution in [0.25, 0.3) is 0 Å². The molecule has 0 radical (unpaired) electrons. The zero-order chi connectivity index (χ0) is 12.5. The highest BCUT2D eigenvalue weighted by Gasteiger charge is 2.19. The smallest absolute Gasteiger partial charge is 0.0807 e. The maximum absolute atomic E-state index is 9.96. The van der Waals surface area contributed by atoms with Gasteiger partial charge in [-0.05, 0) is 36.5 Å². The minimum absolute atomic E-state index is 0.291. The van der Waals surface area contributed by atoms with E-state index < -0.39 is 0 Å². The summed E-state index contributed by atoms with van der Waals surface area (Å²) < 4.78 is 2.13. The average Bonchev–Trinajstić information content (AvgIpc) is 2.76. The summed E-state index contributed by atoms with van der Waals surface area (Å²) in [6.07, 6.45) is 6.93. The summed E-state index contributed by atoms with van der Waals surface area (Å²) in [6.45, 7) is 0.763. The third-order valence-corrected chi connectivity index (χ3v) is 3.96. The number of halogens is 1. The van der Waals surface area contributed by atoms with E-state index >= 15 is 0 Å². The van der Waals surface area contributed by atoms with Gasteiger partial charge in [0.25, 0.3) is 0 Å². The molecule has 0 fully saturated rings. The minimum Gasteiger partial charge on any atom is -0.388 e. The van der Waals surface area contributed by atoms with Crippen molar-refractivity contribution < 1.29 is 5.11 Å². The second-order valence-corrected chi connectivity index (χ2v) is 5.32. The van der Waals surface area contributed by atoms with Gasteiger partial charge in [0.2, 0.25) is 0 Å². The largest absolute Gasteiger partial charge is 0.388 e. The molecule has 3 heteroatoms. The van der Waals surface area contributed by atoms with Crippen molar-refractivity contribution in [3.05, 3.63) is 58.4 Å². The Morgan fingerprint density at radius 1 is 1.28 bits per heavy atom. The zero-order valence-electron chi connectivity index (χ0n) is 10.1. The molecule has 1 aliphatic carbocycles. The maximum Gasteiger partial charge on any atom is 0.0807 e. The highest BCUT2D eigenvalue weighted by Crippen LogP contribution is 2.30. The Bertz CT molecular complexity index is 561. The van der Waals surface area contributed by atoms with Gasteiger partial charge in [-0.1, -0.05) is 29.8 Å². The van der Waals surface area contributed by atoms with Crippen molar-refractivity contribution in [3.63, 3.8) is 0 Å². The van der Waals surface area contributed by atoms with Crippen LogP contribution in [0, 0.1) is 0 Å². The molecule has 1 aromatic carbocycles. The van der Waals surface area contributed by atoms with Crippen LogP contribution in [0.4, 0.5) is 0 Å². The van der Waals surface area contributed by atoms with Gasteiger partial charge < -0.3 is 9.67 Å². The summed E-state index contributed by atoms with van der Waals surface area (Å²) in [5, 5.41) is 10.8. The predicted octanol–water partition coefficient (Wildman–Crippen LogP) is 3.56. The number of hydrogen-bond donors (Lipinski definition) is 1. The maximum atomic E-state index is 9.96. The van der Waals surface area contributed by atoms with Gasteiger partial charge in [0.15, 0.2) is 0 Å². The van der Waals surface area contributed by atoms with Crippen LogP contribution in [0.2, 0.25) is 5.02 Å². The quantitative estimate of drug-likeness (QED) is 0.879. The van der Waals surface area contributed by atoms with Crippen molar-refractivity contribution in [2.75, 3.05) is 0 Å². The van der Waals surface area contributed by atoms with Gasteiger partial charge in [0, 0.05) is 29.5 Å². The fraction of sp³-hybridized carbons (Fsp3) is 0.333. The molecule has 2 aromatic rings. The van der Waals surface area contributed by atoms with Gasteiger partial charge in [-0.15, -0.1) is 0 Å². The molecule has 1 heterocycles. The third kappa shape index (κ3) is 2.18. The first-order valence-electron chi connectivity index (χ1n) is 6.34. The highest BCUT2D eigenvalue weighted by atomic mass is 35.5. The Hall–Kier alpha value is -1.25. The fourth-order valence-electron chi connectivity index (χ4n) is 2.64. The number of fused-ring (bicyclic) bond motifs is 1. The highest BCUT2D eigenvalue weighted by molar-refractivity contribution is 6.31. The summed E-state index contributed by atoms with van der Waals surface area (Å²) >= 11 is 6.17. The molecular weight excluding hydrogens is 246 g/mol. The van der Waals surface area contributed by atoms with Gasteiger partial charge in [-0.2, -0.15) is 0 Å². The number of rotatable bonds is 2. The minimum atomic E-state index is -0.291. The van der Waals surface area contributed by atoms with Crippen LogP contribution in [0.1, 0.15) is 35.6 Å². The molecule has 94 valence electrons. The molecule has 0 saturated carbocycles. The number of aliphatic hydroxyl groups excluding tert-OH is 1. The van der Waals surface area contributed by atoms with Crippen LogP contribution >= 0.6 is 11.6 Å². The van der Waals surface area contributed by atoms with E-state index in [9.17, 15) is 5.11 Å². The summed E-state index contributed by atoms with van der Waals surface area (Å²) in [4.78, 5) is 0. The molecule has 1 atom stereocenters. The Labute approximate surface area is 112 Å². The van der Waals surface area contributed by atoms with Crippen molar-refractivity contribution in [3.8, 4) is 0 Å². The summed E-state index contributed by atoms with van der Waals surface area (Å²) in [5.41, 5.74) is 3.48. The van der Waals surface area contributed by atoms with Crippen LogP contribution in [-0.2, 0) is 13.0 Å². The van der Waals surface area contributed by atoms with Crippen molar-refractivity contribution in [2.24, 2.45) is 0 Å². The lowest BCUT2D eigenvalue weighted by Gasteiger charge is -2.16. The van der Waals surface area contributed by atoms with Crippen LogP contribution in [0.3, 0.4) is 0 Å². The Morgan fingerprint density at radius 2 is 2.11 bits per heavy atom. The Morgan fingerprint density at radius 3 is 2.89 bits per heavy atom. The van der Waals surface area contributed by atoms with Gasteiger partial charge in [0.1, 0.15) is 0 Å². The van der Waals surface area contributed by atoms with Crippen molar-refractivity contribution in [1.82, 2.24) is 4.57 Å². The number of hydrogen-bond acceptors (Lipinski definition) is 1. The van der Waals surface area contributed by atoms with E-state index in [1.165, 1.54) is 5.56 Å². The molecule has 1 aliphatic rings. The number of aliphatic hydroxyl groups is 1. The van der Waals surface area contributed by atoms with E-state index in [1.807, 2.05) is 24.3 Å². The molecule has 1 unspecified atom stereocenters. The van der Waals surface area contributed by atoms with Crippen molar-refractivity contribution >= 4 is 11.6 Å². The second-order valence-electron chi connectivity index (χ2n) is 4.91. The fourth-order valence-corrected chi connectivity index (χ4v) is 2.83. The molecule has 0 aliphatic heterocycles. The molecule has 0 bridgehead atoms. The van der Waals surface area contributed by atoms with Crippen LogP contribution in [0.5, 0.6) is 0 Å². The first-order chi connectivity index (χ1) is 8.74. The van der Waals surface area contributed by atoms with Crippen LogP contribution < -0.4 is 0 Å². The molecule has 3 rings (SSSR count). The molecule has 0 saturated heterocycles. The van der Waals surface area contributed by atoms with E-state index in [-0.39, 0.29) is 6.10 Å². The lowest BCUT2D eigenvalue weighted by Crippen LogP contribution is -2.05. The van der Waals surface area contributed by atoms with Crippen molar-refractivity contribution in [1.29, 1.82) is 0 Å². The molecular formula is C15H16ClNO. The average molecular weight is 262 g/mol. The lowest BCUT2D eigenvalue weighted by molar-refractivity contribution is 0.157. The van der Waals surface area contributed by atoms with E-state index in [4.69, 9.17) is 11.6 Å². The van der Waals surface area contributed by atoms with Gasteiger partial charge >= 0.3 is 0 Å². The number of nitrogens with zero attached hydrogens (tertiary/aromatic N) is 1. The van der Waals surface area contributed by atoms with E-state index in [1.54, 1.807) is 0 Å². The molecule has 0 spiro atoms. The van der Waals surface area contributed by atoms with Crippen LogP contribution in [0.15, 0.2) is 36.7 Å². The number of aromatic nitrogens is 1. The lowest BCUT2D eigenvalue weighted by atomic mass is 9.93. The monoisotopic (exact) mass is 261 g/mol. The first-order valence-corrected chi connectivity index (χ1v) is 6.72. The molecule has 1 N–H and O–H groups in total. The van der Waals surface area contributed by atoms with Crippen LogP contribution in [-0.4, -0.2) is 9.67 Å². The van der Waals surface area contributed by atoms with Gasteiger partial charge in [-0.25, -0.2) is 0 Å². The SMILES string of the molecule is OC1CCCc2cn(Cc3ccccc3Cl)cc21. The second kappa shape index (κ2) is 4.79. The molecule has 2 nitrogen and oxygen atoms in total. The zero-order valence-corrected chi connectivity index (χ0v) is 10.9. The van der Waals surface area contributed by atoms with E-state index in [2.05, 4.69) is 17.0 Å². The van der Waals surface area contributed by atoms with E-state index in [0.29, 0.717) is 0 Å². The van der Waals surface area contributed by atoms with Crippen molar-refractivity contribution in [2.45, 2.75) is 31.9 Å². The molecule has 0 amide bonds. The van der Waals surface area contributed by atoms with Gasteiger partial charge in [-0.3, -0.25) is 0 Å². The first kappa shape index (κ1) is 11.8. The third-order valence-electron chi connectivity index (χ3n) is 3.59. The standard InChI is InChI=1S/C15H16ClNO/c16-14-6-2-1-4-12(14)9-17-8-11-5-3-7-15(18)13(11)10-17/h1-2,4,6,8,10,15,18H,3,5,7,9H2. The molecule has 18 heavy (non-hydrogen) atoms. The summed E-state index contributed by atoms with van der Waals surface area (Å²) in [5.74, 6) is 0. The normalized spacial score (nSPS) is 18.7. The predicted molar refractivity (Wildman–Crippen MR) is 72.9 cm³/mol.